The number of nitrogens with one attached hydrogen (secondary N) is 1. The van der Waals surface area contributed by atoms with Gasteiger partial charge in [0, 0.05) is 22.9 Å². The Morgan fingerprint density at radius 1 is 0.900 bits per heavy atom. The number of phenols is 1. The van der Waals surface area contributed by atoms with Gasteiger partial charge in [-0.1, -0.05) is 18.2 Å². The second kappa shape index (κ2) is 9.38. The fourth-order valence-electron chi connectivity index (χ4n) is 2.64. The van der Waals surface area contributed by atoms with Crippen molar-refractivity contribution >= 4 is 23.3 Å². The van der Waals surface area contributed by atoms with Crippen LogP contribution in [0, 0.1) is 0 Å². The molecule has 0 radical (unpaired) electrons. The Balaban J connectivity index is 1.57. The molecule has 30 heavy (non-hydrogen) atoms. The predicted octanol–water partition coefficient (Wildman–Crippen LogP) is 3.69. The third-order valence-corrected chi connectivity index (χ3v) is 4.26. The molecule has 0 aromatic heterocycles. The van der Waals surface area contributed by atoms with Gasteiger partial charge in [-0.25, -0.2) is 4.79 Å². The van der Waals surface area contributed by atoms with Crippen molar-refractivity contribution in [3.63, 3.8) is 0 Å². The first-order valence-corrected chi connectivity index (χ1v) is 9.01. The van der Waals surface area contributed by atoms with Crippen LogP contribution in [0.15, 0.2) is 72.8 Å². The normalized spacial score (nSPS) is 10.2. The lowest BCUT2D eigenvalue weighted by atomic mass is 10.1. The van der Waals surface area contributed by atoms with Gasteiger partial charge in [-0.2, -0.15) is 0 Å². The average Bonchev–Trinajstić information content (AvgIpc) is 2.78. The van der Waals surface area contributed by atoms with Gasteiger partial charge < -0.3 is 19.9 Å². The molecule has 0 aliphatic rings. The molecule has 0 unspecified atom stereocenters. The highest BCUT2D eigenvalue weighted by molar-refractivity contribution is 6.05. The number of methoxy groups -OCH3 is 1. The molecule has 0 aliphatic heterocycles. The van der Waals surface area contributed by atoms with E-state index in [0.717, 1.165) is 0 Å². The molecule has 0 spiro atoms. The monoisotopic (exact) mass is 405 g/mol. The number of Topliss-reactive ketones (excluding diaryl/α,β-unsaturated/α-hetero) is 1. The smallest absolute Gasteiger partial charge is 0.342 e. The Kier molecular flexibility index (Phi) is 6.44. The summed E-state index contributed by atoms with van der Waals surface area (Å²) >= 11 is 0. The predicted molar refractivity (Wildman–Crippen MR) is 110 cm³/mol. The molecule has 2 N–H and O–H groups in total. The summed E-state index contributed by atoms with van der Waals surface area (Å²) in [4.78, 5) is 36.5. The van der Waals surface area contributed by atoms with Gasteiger partial charge in [0.25, 0.3) is 5.91 Å². The largest absolute Gasteiger partial charge is 0.507 e. The van der Waals surface area contributed by atoms with E-state index in [9.17, 15) is 19.5 Å². The highest BCUT2D eigenvalue weighted by Gasteiger charge is 2.16. The molecule has 1 amide bonds. The maximum atomic E-state index is 12.3. The second-order valence-corrected chi connectivity index (χ2v) is 6.28. The van der Waals surface area contributed by atoms with Crippen LogP contribution in [0.25, 0.3) is 0 Å². The summed E-state index contributed by atoms with van der Waals surface area (Å²) in [5.41, 5.74) is 1.30. The zero-order valence-electron chi connectivity index (χ0n) is 16.1. The van der Waals surface area contributed by atoms with Gasteiger partial charge in [-0.15, -0.1) is 0 Å². The number of phenolic OH excluding ortho intramolecular Hbond substituents is 1. The van der Waals surface area contributed by atoms with Gasteiger partial charge in [0.2, 0.25) is 0 Å². The number of amides is 1. The summed E-state index contributed by atoms with van der Waals surface area (Å²) in [5.74, 6) is -1.42. The lowest BCUT2D eigenvalue weighted by molar-refractivity contribution is 0.0471. The highest BCUT2D eigenvalue weighted by Crippen LogP contribution is 2.24. The van der Waals surface area contributed by atoms with Crippen molar-refractivity contribution in [3.05, 3.63) is 89.5 Å². The minimum atomic E-state index is -0.824. The molecule has 7 heteroatoms. The van der Waals surface area contributed by atoms with Crippen molar-refractivity contribution < 1.29 is 29.0 Å². The maximum absolute atomic E-state index is 12.3. The van der Waals surface area contributed by atoms with Crippen LogP contribution in [0.2, 0.25) is 0 Å². The van der Waals surface area contributed by atoms with Crippen LogP contribution in [0.4, 0.5) is 5.69 Å². The molecule has 3 aromatic rings. The van der Waals surface area contributed by atoms with E-state index in [4.69, 9.17) is 9.47 Å². The van der Waals surface area contributed by atoms with E-state index in [1.165, 1.54) is 37.4 Å². The number of rotatable bonds is 7. The Bertz CT molecular complexity index is 1060. The Morgan fingerprint density at radius 3 is 2.23 bits per heavy atom. The minimum Gasteiger partial charge on any atom is -0.507 e. The lowest BCUT2D eigenvalue weighted by Gasteiger charge is -2.08. The molecule has 0 bridgehead atoms. The molecule has 0 saturated heterocycles. The van der Waals surface area contributed by atoms with Gasteiger partial charge in [0.1, 0.15) is 17.1 Å². The first kappa shape index (κ1) is 20.6. The number of ether oxygens (including phenoxy) is 2. The van der Waals surface area contributed by atoms with Gasteiger partial charge in [-0.3, -0.25) is 9.59 Å². The number of carbonyl (C=O) groups excluding carboxylic acids is 3. The van der Waals surface area contributed by atoms with E-state index in [-0.39, 0.29) is 17.2 Å². The summed E-state index contributed by atoms with van der Waals surface area (Å²) in [6, 6.07) is 19.1. The van der Waals surface area contributed by atoms with Gasteiger partial charge >= 0.3 is 5.97 Å². The average molecular weight is 405 g/mol. The van der Waals surface area contributed by atoms with E-state index in [2.05, 4.69) is 5.32 Å². The number of esters is 1. The first-order chi connectivity index (χ1) is 14.5. The van der Waals surface area contributed by atoms with E-state index in [1.807, 2.05) is 6.07 Å². The summed E-state index contributed by atoms with van der Waals surface area (Å²) < 4.78 is 9.94. The van der Waals surface area contributed by atoms with Crippen molar-refractivity contribution in [2.75, 3.05) is 19.0 Å². The van der Waals surface area contributed by atoms with Crippen LogP contribution in [-0.2, 0) is 4.74 Å². The molecule has 3 aromatic carbocycles. The molecule has 152 valence electrons. The molecule has 0 saturated carbocycles. The zero-order chi connectivity index (χ0) is 21.5. The van der Waals surface area contributed by atoms with Crippen LogP contribution in [-0.4, -0.2) is 36.5 Å². The van der Waals surface area contributed by atoms with Crippen molar-refractivity contribution in [1.29, 1.82) is 0 Å². The molecule has 0 fully saturated rings. The molecule has 0 atom stereocenters. The quantitative estimate of drug-likeness (QED) is 0.459. The Labute approximate surface area is 172 Å². The summed E-state index contributed by atoms with van der Waals surface area (Å²) in [5, 5.41) is 12.6. The third kappa shape index (κ3) is 5.02. The number of hydrogen-bond acceptors (Lipinski definition) is 6. The zero-order valence-corrected chi connectivity index (χ0v) is 16.1. The molecule has 0 heterocycles. The van der Waals surface area contributed by atoms with E-state index >= 15 is 0 Å². The van der Waals surface area contributed by atoms with Crippen LogP contribution >= 0.6 is 0 Å². The van der Waals surface area contributed by atoms with Gasteiger partial charge in [0.15, 0.2) is 12.4 Å². The van der Waals surface area contributed by atoms with Crippen LogP contribution in [0.1, 0.15) is 31.1 Å². The third-order valence-electron chi connectivity index (χ3n) is 4.26. The first-order valence-electron chi connectivity index (χ1n) is 9.01. The van der Waals surface area contributed by atoms with Crippen molar-refractivity contribution in [2.24, 2.45) is 0 Å². The lowest BCUT2D eigenvalue weighted by Crippen LogP contribution is -2.15. The van der Waals surface area contributed by atoms with Gasteiger partial charge in [0.05, 0.1) is 7.11 Å². The van der Waals surface area contributed by atoms with Crippen LogP contribution in [0.5, 0.6) is 11.5 Å². The second-order valence-electron chi connectivity index (χ2n) is 6.28. The summed E-state index contributed by atoms with van der Waals surface area (Å²) in [7, 11) is 1.43. The number of benzene rings is 3. The minimum absolute atomic E-state index is 0.0671. The summed E-state index contributed by atoms with van der Waals surface area (Å²) in [6.45, 7) is -0.486. The Hall–Kier alpha value is -4.13. The van der Waals surface area contributed by atoms with Gasteiger partial charge in [-0.05, 0) is 48.5 Å². The molecule has 3 rings (SSSR count). The number of anilines is 1. The number of hydrogen-bond donors (Lipinski definition) is 2. The van der Waals surface area contributed by atoms with Crippen molar-refractivity contribution in [1.82, 2.24) is 0 Å². The maximum Gasteiger partial charge on any atom is 0.342 e. The SMILES string of the molecule is COc1ccc(C(=O)OCC(=O)c2ccc(NC(=O)c3ccccc3)cc2)c(O)c1. The van der Waals surface area contributed by atoms with Crippen LogP contribution in [0.3, 0.4) is 0 Å². The van der Waals surface area contributed by atoms with Crippen molar-refractivity contribution in [3.8, 4) is 11.5 Å². The molecular weight excluding hydrogens is 386 g/mol. The summed E-state index contributed by atoms with van der Waals surface area (Å²) in [6.07, 6.45) is 0. The standard InChI is InChI=1S/C23H19NO6/c1-29-18-11-12-19(20(25)13-18)23(28)30-14-21(26)15-7-9-17(10-8-15)24-22(27)16-5-3-2-4-6-16/h2-13,25H,14H2,1H3,(H,24,27). The molecular formula is C23H19NO6. The highest BCUT2D eigenvalue weighted by atomic mass is 16.5. The number of carbonyl (C=O) groups is 3. The number of ketones is 1. The van der Waals surface area contributed by atoms with E-state index in [0.29, 0.717) is 22.6 Å². The van der Waals surface area contributed by atoms with E-state index in [1.54, 1.807) is 36.4 Å². The molecule has 0 aliphatic carbocycles. The van der Waals surface area contributed by atoms with E-state index < -0.39 is 18.4 Å². The van der Waals surface area contributed by atoms with Crippen molar-refractivity contribution in [2.45, 2.75) is 0 Å². The topological polar surface area (TPSA) is 102 Å². The van der Waals surface area contributed by atoms with Crippen LogP contribution < -0.4 is 10.1 Å². The number of aromatic hydroxyl groups is 1. The fraction of sp³-hybridized carbons (Fsp3) is 0.0870. The molecule has 7 nitrogen and oxygen atoms in total. The fourth-order valence-corrected chi connectivity index (χ4v) is 2.64. The Morgan fingerprint density at radius 2 is 1.60 bits per heavy atom.